The van der Waals surface area contributed by atoms with E-state index in [4.69, 9.17) is 5.84 Å². The van der Waals surface area contributed by atoms with Gasteiger partial charge in [0, 0.05) is 11.4 Å². The van der Waals surface area contributed by atoms with E-state index in [0.717, 1.165) is 4.88 Å². The van der Waals surface area contributed by atoms with E-state index in [-0.39, 0.29) is 11.4 Å². The highest BCUT2D eigenvalue weighted by atomic mass is 32.1. The quantitative estimate of drug-likeness (QED) is 0.444. The van der Waals surface area contributed by atoms with Crippen molar-refractivity contribution >= 4 is 28.4 Å². The molecule has 7 heteroatoms. The van der Waals surface area contributed by atoms with Crippen LogP contribution in [0.15, 0.2) is 29.6 Å². The highest BCUT2D eigenvalue weighted by molar-refractivity contribution is 7.10. The summed E-state index contributed by atoms with van der Waals surface area (Å²) in [6.07, 6.45) is 0. The first-order chi connectivity index (χ1) is 9.13. The number of anilines is 2. The van der Waals surface area contributed by atoms with Gasteiger partial charge in [-0.05, 0) is 36.1 Å². The monoisotopic (exact) mass is 278 g/mol. The summed E-state index contributed by atoms with van der Waals surface area (Å²) in [7, 11) is 0. The van der Waals surface area contributed by atoms with E-state index in [1.807, 2.05) is 18.4 Å². The maximum Gasteiger partial charge on any atom is 0.316 e. The number of para-hydroxylation sites is 1. The van der Waals surface area contributed by atoms with Crippen LogP contribution < -0.4 is 16.6 Å². The molecule has 0 radical (unpaired) electrons. The van der Waals surface area contributed by atoms with Crippen LogP contribution in [0.2, 0.25) is 0 Å². The van der Waals surface area contributed by atoms with E-state index in [0.29, 0.717) is 12.2 Å². The molecule has 4 N–H and O–H groups in total. The number of nitrogens with zero attached hydrogens (tertiary/aromatic N) is 1. The molecule has 1 heterocycles. The standard InChI is InChI=1S/C12H14N4O2S/c1-8-5-6-19-11(8)7-14-9-3-2-4-10(15-13)12(9)16(17)18/h2-6,14-15H,7,13H2,1H3. The third-order valence-corrected chi connectivity index (χ3v) is 3.80. The summed E-state index contributed by atoms with van der Waals surface area (Å²) in [6.45, 7) is 2.57. The first-order valence-electron chi connectivity index (χ1n) is 5.64. The number of hydrazine groups is 1. The third-order valence-electron chi connectivity index (χ3n) is 2.78. The Balaban J connectivity index is 2.25. The van der Waals surface area contributed by atoms with Gasteiger partial charge in [-0.2, -0.15) is 0 Å². The average Bonchev–Trinajstić information content (AvgIpc) is 2.81. The van der Waals surface area contributed by atoms with Crippen molar-refractivity contribution in [2.45, 2.75) is 13.5 Å². The Bertz CT molecular complexity index is 597. The predicted octanol–water partition coefficient (Wildman–Crippen LogP) is 2.86. The fourth-order valence-corrected chi connectivity index (χ4v) is 2.61. The van der Waals surface area contributed by atoms with Crippen LogP contribution in [0.4, 0.5) is 17.1 Å². The van der Waals surface area contributed by atoms with Crippen molar-refractivity contribution in [1.82, 2.24) is 0 Å². The zero-order valence-electron chi connectivity index (χ0n) is 10.3. The summed E-state index contributed by atoms with van der Waals surface area (Å²) in [5, 5.41) is 16.2. The highest BCUT2D eigenvalue weighted by Crippen LogP contribution is 2.32. The number of nitro groups is 1. The van der Waals surface area contributed by atoms with Crippen LogP contribution in [0.5, 0.6) is 0 Å². The molecule has 0 saturated heterocycles. The van der Waals surface area contributed by atoms with Gasteiger partial charge in [-0.1, -0.05) is 6.07 Å². The number of nitrogen functional groups attached to an aromatic ring is 1. The lowest BCUT2D eigenvalue weighted by molar-refractivity contribution is -0.383. The van der Waals surface area contributed by atoms with Crippen molar-refractivity contribution in [3.63, 3.8) is 0 Å². The lowest BCUT2D eigenvalue weighted by atomic mass is 10.2. The topological polar surface area (TPSA) is 93.2 Å². The molecular weight excluding hydrogens is 264 g/mol. The third kappa shape index (κ3) is 2.83. The fourth-order valence-electron chi connectivity index (χ4n) is 1.76. The minimum absolute atomic E-state index is 0.0424. The Morgan fingerprint density at radius 2 is 2.11 bits per heavy atom. The van der Waals surface area contributed by atoms with E-state index in [2.05, 4.69) is 10.7 Å². The van der Waals surface area contributed by atoms with Gasteiger partial charge < -0.3 is 10.7 Å². The summed E-state index contributed by atoms with van der Waals surface area (Å²) in [5.74, 6) is 5.29. The van der Waals surface area contributed by atoms with Gasteiger partial charge in [0.05, 0.1) is 4.92 Å². The van der Waals surface area contributed by atoms with Crippen LogP contribution >= 0.6 is 11.3 Å². The number of rotatable bonds is 5. The Labute approximate surface area is 114 Å². The molecule has 0 fully saturated rings. The molecule has 0 atom stereocenters. The molecule has 0 aliphatic rings. The second-order valence-corrected chi connectivity index (χ2v) is 4.98. The Morgan fingerprint density at radius 1 is 1.37 bits per heavy atom. The highest BCUT2D eigenvalue weighted by Gasteiger charge is 2.18. The number of benzene rings is 1. The Kier molecular flexibility index (Phi) is 3.98. The number of hydrogen-bond donors (Lipinski definition) is 3. The minimum Gasteiger partial charge on any atom is -0.375 e. The largest absolute Gasteiger partial charge is 0.375 e. The first-order valence-corrected chi connectivity index (χ1v) is 6.52. The number of nitrogens with one attached hydrogen (secondary N) is 2. The van der Waals surface area contributed by atoms with Crippen molar-refractivity contribution < 1.29 is 4.92 Å². The van der Waals surface area contributed by atoms with Gasteiger partial charge in [0.25, 0.3) is 0 Å². The van der Waals surface area contributed by atoms with E-state index >= 15 is 0 Å². The van der Waals surface area contributed by atoms with Gasteiger partial charge in [-0.25, -0.2) is 0 Å². The molecule has 1 aromatic heterocycles. The molecule has 1 aromatic carbocycles. The number of thiophene rings is 1. The van der Waals surface area contributed by atoms with E-state index in [1.54, 1.807) is 29.5 Å². The second-order valence-electron chi connectivity index (χ2n) is 3.98. The fraction of sp³-hybridized carbons (Fsp3) is 0.167. The molecule has 0 amide bonds. The second kappa shape index (κ2) is 5.68. The summed E-state index contributed by atoms with van der Waals surface area (Å²) in [5.41, 5.74) is 4.22. The molecule has 0 aliphatic carbocycles. The lowest BCUT2D eigenvalue weighted by Crippen LogP contribution is -2.11. The number of nitro benzene ring substituents is 1. The summed E-state index contributed by atoms with van der Waals surface area (Å²) < 4.78 is 0. The molecule has 19 heavy (non-hydrogen) atoms. The van der Waals surface area contributed by atoms with Crippen LogP contribution in [0.25, 0.3) is 0 Å². The van der Waals surface area contributed by atoms with Gasteiger partial charge in [-0.3, -0.25) is 16.0 Å². The summed E-state index contributed by atoms with van der Waals surface area (Å²) in [6, 6.07) is 6.97. The van der Waals surface area contributed by atoms with Crippen LogP contribution in [0, 0.1) is 17.0 Å². The first kappa shape index (κ1) is 13.3. The van der Waals surface area contributed by atoms with Gasteiger partial charge in [-0.15, -0.1) is 11.3 Å². The SMILES string of the molecule is Cc1ccsc1CNc1cccc(NN)c1[N+](=O)[O-]. The number of hydrogen-bond acceptors (Lipinski definition) is 6. The van der Waals surface area contributed by atoms with Gasteiger partial charge in [0.15, 0.2) is 0 Å². The smallest absolute Gasteiger partial charge is 0.316 e. The van der Waals surface area contributed by atoms with Crippen LogP contribution in [-0.4, -0.2) is 4.92 Å². The molecule has 0 saturated carbocycles. The molecule has 2 aromatic rings. The maximum absolute atomic E-state index is 11.1. The molecule has 100 valence electrons. The van der Waals surface area contributed by atoms with Crippen molar-refractivity contribution in [2.75, 3.05) is 10.7 Å². The minimum atomic E-state index is -0.446. The molecule has 0 bridgehead atoms. The van der Waals surface area contributed by atoms with Crippen molar-refractivity contribution in [2.24, 2.45) is 5.84 Å². The Hall–Kier alpha value is -2.12. The van der Waals surface area contributed by atoms with Crippen molar-refractivity contribution in [1.29, 1.82) is 0 Å². The zero-order chi connectivity index (χ0) is 13.8. The van der Waals surface area contributed by atoms with Crippen LogP contribution in [-0.2, 0) is 6.54 Å². The summed E-state index contributed by atoms with van der Waals surface area (Å²) >= 11 is 1.62. The predicted molar refractivity (Wildman–Crippen MR) is 77.3 cm³/mol. The van der Waals surface area contributed by atoms with E-state index < -0.39 is 4.92 Å². The average molecular weight is 278 g/mol. The van der Waals surface area contributed by atoms with E-state index in [1.165, 1.54) is 5.56 Å². The zero-order valence-corrected chi connectivity index (χ0v) is 11.2. The molecule has 2 rings (SSSR count). The van der Waals surface area contributed by atoms with Gasteiger partial charge in [0.1, 0.15) is 11.4 Å². The Morgan fingerprint density at radius 3 is 2.68 bits per heavy atom. The maximum atomic E-state index is 11.1. The molecular formula is C12H14N4O2S. The van der Waals surface area contributed by atoms with Crippen LogP contribution in [0.3, 0.4) is 0 Å². The molecule has 0 spiro atoms. The van der Waals surface area contributed by atoms with Crippen LogP contribution in [0.1, 0.15) is 10.4 Å². The van der Waals surface area contributed by atoms with Crippen molar-refractivity contribution in [3.05, 3.63) is 50.2 Å². The summed E-state index contributed by atoms with van der Waals surface area (Å²) in [4.78, 5) is 11.8. The molecule has 0 aliphatic heterocycles. The van der Waals surface area contributed by atoms with Gasteiger partial charge >= 0.3 is 5.69 Å². The number of nitrogens with two attached hydrogens (primary N) is 1. The number of aryl methyl sites for hydroxylation is 1. The molecule has 6 nitrogen and oxygen atoms in total. The van der Waals surface area contributed by atoms with Crippen molar-refractivity contribution in [3.8, 4) is 0 Å². The van der Waals surface area contributed by atoms with E-state index in [9.17, 15) is 10.1 Å². The lowest BCUT2D eigenvalue weighted by Gasteiger charge is -2.09. The molecule has 0 unspecified atom stereocenters. The van der Waals surface area contributed by atoms with Gasteiger partial charge in [0.2, 0.25) is 0 Å². The normalized spacial score (nSPS) is 10.2.